The molecule has 0 bridgehead atoms. The summed E-state index contributed by atoms with van der Waals surface area (Å²) in [6.45, 7) is -1.77. The summed E-state index contributed by atoms with van der Waals surface area (Å²) in [6.07, 6.45) is 9.63. The average Bonchev–Trinajstić information content (AvgIpc) is 2.42. The van der Waals surface area contributed by atoms with Crippen LogP contribution in [-0.4, -0.2) is 11.1 Å². The third-order valence-electron chi connectivity index (χ3n) is 3.13. The Balaban J connectivity index is 3.24. The molecule has 0 aromatic heterocycles. The molecule has 0 aromatic rings. The first-order valence-electron chi connectivity index (χ1n) is 9.88. The van der Waals surface area contributed by atoms with Gasteiger partial charge in [0, 0.05) is 13.2 Å². The Morgan fingerprint density at radius 2 is 1.22 bits per heavy atom. The topological polar surface area (TPSA) is 37.3 Å². The predicted octanol–water partition coefficient (Wildman–Crippen LogP) is 5.55. The first-order valence-corrected chi connectivity index (χ1v) is 7.38. The lowest BCUT2D eigenvalue weighted by Gasteiger charge is -2.02. The molecule has 108 valence electrons. The minimum Gasteiger partial charge on any atom is -0.481 e. The molecule has 0 unspecified atom stereocenters. The first-order chi connectivity index (χ1) is 10.7. The second-order valence-corrected chi connectivity index (χ2v) is 4.87. The Morgan fingerprint density at radius 1 is 0.833 bits per heavy atom. The van der Waals surface area contributed by atoms with Gasteiger partial charge in [-0.05, 0) is 6.42 Å². The summed E-state index contributed by atoms with van der Waals surface area (Å²) < 4.78 is 35.9. The lowest BCUT2D eigenvalue weighted by molar-refractivity contribution is -0.137. The van der Waals surface area contributed by atoms with Gasteiger partial charge in [0.2, 0.25) is 0 Å². The second-order valence-electron chi connectivity index (χ2n) is 4.87. The van der Waals surface area contributed by atoms with Crippen molar-refractivity contribution in [3.8, 4) is 0 Å². The SMILES string of the molecule is [2H]C([2H])([2H])CCCCCCCCCCCCCC([2H])([2H])C(=O)O. The van der Waals surface area contributed by atoms with Gasteiger partial charge >= 0.3 is 5.97 Å². The number of carbonyl (C=O) groups is 1. The molecule has 0 amide bonds. The Morgan fingerprint density at radius 3 is 1.61 bits per heavy atom. The Labute approximate surface area is 120 Å². The maximum atomic E-state index is 10.6. The number of carboxylic acids is 1. The zero-order valence-electron chi connectivity index (χ0n) is 16.5. The zero-order chi connectivity index (χ0) is 17.8. The van der Waals surface area contributed by atoms with Crippen molar-refractivity contribution in [3.05, 3.63) is 0 Å². The van der Waals surface area contributed by atoms with Gasteiger partial charge in [-0.3, -0.25) is 4.79 Å². The van der Waals surface area contributed by atoms with E-state index in [4.69, 9.17) is 12.0 Å². The van der Waals surface area contributed by atoms with Crippen molar-refractivity contribution in [2.24, 2.45) is 0 Å². The standard InChI is InChI=1S/C16H32O2/c1-2-3-4-5-6-7-8-9-10-11-12-13-14-15-16(17)18/h2-15H2,1H3,(H,17,18)/i1D3,15D2. The Hall–Kier alpha value is -0.530. The van der Waals surface area contributed by atoms with Crippen LogP contribution in [-0.2, 0) is 4.79 Å². The summed E-state index contributed by atoms with van der Waals surface area (Å²) in [4.78, 5) is 10.6. The van der Waals surface area contributed by atoms with Gasteiger partial charge in [0.1, 0.15) is 0 Å². The molecule has 1 N–H and O–H groups in total. The normalized spacial score (nSPS) is 16.3. The molecule has 2 heteroatoms. The molecule has 0 aromatic carbocycles. The van der Waals surface area contributed by atoms with Gasteiger partial charge in [-0.2, -0.15) is 0 Å². The van der Waals surface area contributed by atoms with Crippen molar-refractivity contribution in [3.63, 3.8) is 0 Å². The molecule has 0 saturated heterocycles. The molecular weight excluding hydrogens is 224 g/mol. The van der Waals surface area contributed by atoms with Crippen molar-refractivity contribution in [2.45, 2.75) is 96.7 Å². The summed E-state index contributed by atoms with van der Waals surface area (Å²) in [7, 11) is 0. The van der Waals surface area contributed by atoms with E-state index in [1.165, 1.54) is 25.7 Å². The summed E-state index contributed by atoms with van der Waals surface area (Å²) in [5, 5.41) is 8.66. The fourth-order valence-corrected chi connectivity index (χ4v) is 2.04. The van der Waals surface area contributed by atoms with Crippen LogP contribution in [0.5, 0.6) is 0 Å². The van der Waals surface area contributed by atoms with Gasteiger partial charge in [-0.1, -0.05) is 83.9 Å². The maximum absolute atomic E-state index is 10.6. The van der Waals surface area contributed by atoms with Crippen LogP contribution in [0.15, 0.2) is 0 Å². The highest BCUT2D eigenvalue weighted by molar-refractivity contribution is 5.66. The summed E-state index contributed by atoms with van der Waals surface area (Å²) in [5.41, 5.74) is 0. The van der Waals surface area contributed by atoms with Crippen molar-refractivity contribution in [1.82, 2.24) is 0 Å². The zero-order valence-corrected chi connectivity index (χ0v) is 11.5. The molecule has 0 aliphatic carbocycles. The molecule has 0 spiro atoms. The van der Waals surface area contributed by atoms with E-state index in [-0.39, 0.29) is 6.42 Å². The summed E-state index contributed by atoms with van der Waals surface area (Å²) >= 11 is 0. The van der Waals surface area contributed by atoms with E-state index in [0.29, 0.717) is 12.8 Å². The van der Waals surface area contributed by atoms with Crippen LogP contribution in [0.25, 0.3) is 0 Å². The third-order valence-corrected chi connectivity index (χ3v) is 3.13. The van der Waals surface area contributed by atoms with Gasteiger partial charge in [0.05, 0.1) is 0 Å². The van der Waals surface area contributed by atoms with Crippen molar-refractivity contribution < 1.29 is 16.8 Å². The van der Waals surface area contributed by atoms with Gasteiger partial charge in [-0.15, -0.1) is 0 Å². The number of rotatable bonds is 14. The second kappa shape index (κ2) is 14.5. The number of hydrogen-bond donors (Lipinski definition) is 1. The minimum absolute atomic E-state index is 0.0958. The van der Waals surface area contributed by atoms with E-state index in [0.717, 1.165) is 38.5 Å². The van der Waals surface area contributed by atoms with Crippen LogP contribution in [0.2, 0.25) is 0 Å². The Kier molecular flexibility index (Phi) is 8.30. The van der Waals surface area contributed by atoms with Crippen LogP contribution in [0.3, 0.4) is 0 Å². The van der Waals surface area contributed by atoms with Gasteiger partial charge in [-0.25, -0.2) is 0 Å². The number of hydrogen-bond acceptors (Lipinski definition) is 1. The molecule has 0 saturated carbocycles. The van der Waals surface area contributed by atoms with E-state index in [9.17, 15) is 4.79 Å². The van der Waals surface area contributed by atoms with E-state index in [1.54, 1.807) is 0 Å². The number of carboxylic acid groups (broad SMARTS) is 1. The molecular formula is C16H32O2. The highest BCUT2D eigenvalue weighted by atomic mass is 16.4. The molecule has 18 heavy (non-hydrogen) atoms. The number of unbranched alkanes of at least 4 members (excludes halogenated alkanes) is 10. The average molecular weight is 261 g/mol. The molecule has 0 fully saturated rings. The molecule has 0 aliphatic heterocycles. The quantitative estimate of drug-likeness (QED) is 0.416. The van der Waals surface area contributed by atoms with E-state index in [1.807, 2.05) is 0 Å². The molecule has 2 nitrogen and oxygen atoms in total. The predicted molar refractivity (Wildman–Crippen MR) is 77.9 cm³/mol. The van der Waals surface area contributed by atoms with Crippen molar-refractivity contribution in [1.29, 1.82) is 0 Å². The summed E-state index contributed by atoms with van der Waals surface area (Å²) in [6, 6.07) is 0. The van der Waals surface area contributed by atoms with Gasteiger partial charge in [0.15, 0.2) is 0 Å². The first kappa shape index (κ1) is 10.3. The fourth-order valence-electron chi connectivity index (χ4n) is 2.04. The van der Waals surface area contributed by atoms with E-state index >= 15 is 0 Å². The molecule has 0 atom stereocenters. The van der Waals surface area contributed by atoms with Crippen molar-refractivity contribution >= 4 is 5.97 Å². The van der Waals surface area contributed by atoms with E-state index in [2.05, 4.69) is 0 Å². The fraction of sp³-hybridized carbons (Fsp3) is 0.938. The minimum atomic E-state index is -2.08. The van der Waals surface area contributed by atoms with Gasteiger partial charge < -0.3 is 5.11 Å². The monoisotopic (exact) mass is 261 g/mol. The number of aliphatic carboxylic acids is 1. The van der Waals surface area contributed by atoms with Crippen LogP contribution >= 0.6 is 0 Å². The maximum Gasteiger partial charge on any atom is 0.303 e. The lowest BCUT2D eigenvalue weighted by atomic mass is 10.0. The Bertz CT molecular complexity index is 316. The molecule has 0 radical (unpaired) electrons. The van der Waals surface area contributed by atoms with Crippen LogP contribution < -0.4 is 0 Å². The molecule has 0 heterocycles. The van der Waals surface area contributed by atoms with Crippen LogP contribution in [0, 0.1) is 0 Å². The third kappa shape index (κ3) is 15.5. The molecule has 0 rings (SSSR count). The molecule has 0 aliphatic rings. The van der Waals surface area contributed by atoms with Crippen LogP contribution in [0.4, 0.5) is 0 Å². The van der Waals surface area contributed by atoms with Crippen LogP contribution in [0.1, 0.15) is 104 Å². The lowest BCUT2D eigenvalue weighted by Crippen LogP contribution is -1.93. The largest absolute Gasteiger partial charge is 0.481 e. The smallest absolute Gasteiger partial charge is 0.303 e. The van der Waals surface area contributed by atoms with Gasteiger partial charge in [0.25, 0.3) is 0 Å². The highest BCUT2D eigenvalue weighted by Gasteiger charge is 1.96. The van der Waals surface area contributed by atoms with E-state index < -0.39 is 19.2 Å². The summed E-state index contributed by atoms with van der Waals surface area (Å²) in [5.74, 6) is -1.36. The highest BCUT2D eigenvalue weighted by Crippen LogP contribution is 2.12. The van der Waals surface area contributed by atoms with Crippen molar-refractivity contribution in [2.75, 3.05) is 0 Å².